The van der Waals surface area contributed by atoms with Crippen molar-refractivity contribution in [2.75, 3.05) is 0 Å². The molecule has 69 heavy (non-hydrogen) atoms. The van der Waals surface area contributed by atoms with Crippen molar-refractivity contribution < 1.29 is 0 Å². The van der Waals surface area contributed by atoms with E-state index in [1.807, 2.05) is 18.2 Å². The second kappa shape index (κ2) is 16.9. The van der Waals surface area contributed by atoms with Crippen molar-refractivity contribution in [1.29, 1.82) is 0 Å². The summed E-state index contributed by atoms with van der Waals surface area (Å²) in [5.74, 6) is 1.81. The molecular formula is C63H45N5S. The minimum atomic E-state index is -1.90. The van der Waals surface area contributed by atoms with Gasteiger partial charge in [0.15, 0.2) is 11.6 Å². The van der Waals surface area contributed by atoms with Crippen molar-refractivity contribution in [2.45, 2.75) is 27.5 Å². The van der Waals surface area contributed by atoms with Gasteiger partial charge in [-0.3, -0.25) is 4.57 Å². The van der Waals surface area contributed by atoms with E-state index in [9.17, 15) is 0 Å². The average molecular weight is 904 g/mol. The molecule has 0 radical (unpaired) electrons. The van der Waals surface area contributed by atoms with Crippen molar-refractivity contribution in [3.8, 4) is 45.5 Å². The number of benzene rings is 9. The van der Waals surface area contributed by atoms with Crippen molar-refractivity contribution in [3.05, 3.63) is 254 Å². The summed E-state index contributed by atoms with van der Waals surface area (Å²) in [6.45, 7) is 0. The maximum Gasteiger partial charge on any atom is 0.238 e. The molecule has 0 unspecified atom stereocenters. The van der Waals surface area contributed by atoms with E-state index in [1.165, 1.54) is 41.4 Å². The summed E-state index contributed by atoms with van der Waals surface area (Å²) < 4.78 is 4.58. The molecule has 9 aromatic carbocycles. The predicted octanol–water partition coefficient (Wildman–Crippen LogP) is 16.6. The van der Waals surface area contributed by atoms with Crippen LogP contribution in [0.15, 0.2) is 268 Å². The fraction of sp³-hybridized carbons (Fsp3) is 0.0317. The summed E-state index contributed by atoms with van der Waals surface area (Å²) in [6.07, 6.45) is 9.19. The third-order valence-corrected chi connectivity index (χ3v) is 17.4. The summed E-state index contributed by atoms with van der Waals surface area (Å²) >= 11 is 0. The zero-order valence-corrected chi connectivity index (χ0v) is 38.5. The largest absolute Gasteiger partial charge is 0.309 e. The lowest BCUT2D eigenvalue weighted by Gasteiger charge is -2.43. The average Bonchev–Trinajstić information content (AvgIpc) is 3.95. The first-order valence-electron chi connectivity index (χ1n) is 23.6. The molecule has 0 N–H and O–H groups in total. The zero-order chi connectivity index (χ0) is 45.7. The summed E-state index contributed by atoms with van der Waals surface area (Å²) in [5, 5.41) is 4.72. The SMILES string of the molecule is C1=CC(S(c2ccccc2)(c2ccccc2)c2cccc(-c3nc(-c4ccccc4)nc(-n4c5ccccc5c5cc(-c6ccc7c(c6)c6ccccc6n7-c6ccccc6)ccc54)n3)c2)=CCC1. The van der Waals surface area contributed by atoms with Crippen LogP contribution in [0.4, 0.5) is 0 Å². The van der Waals surface area contributed by atoms with Crippen molar-refractivity contribution in [2.24, 2.45) is 0 Å². The summed E-state index contributed by atoms with van der Waals surface area (Å²) in [4.78, 5) is 21.2. The second-order valence-electron chi connectivity index (χ2n) is 17.5. The van der Waals surface area contributed by atoms with E-state index in [2.05, 4.69) is 240 Å². The highest BCUT2D eigenvalue weighted by Crippen LogP contribution is 2.74. The Bertz CT molecular complexity index is 3910. The number of para-hydroxylation sites is 3. The summed E-state index contributed by atoms with van der Waals surface area (Å²) in [7, 11) is -1.90. The zero-order valence-electron chi connectivity index (χ0n) is 37.7. The molecule has 5 nitrogen and oxygen atoms in total. The molecule has 1 aliphatic rings. The fourth-order valence-corrected chi connectivity index (χ4v) is 14.4. The van der Waals surface area contributed by atoms with Gasteiger partial charge in [0.05, 0.1) is 22.1 Å². The molecule has 3 heterocycles. The molecule has 0 bridgehead atoms. The first-order chi connectivity index (χ1) is 34.2. The highest BCUT2D eigenvalue weighted by atomic mass is 32.3. The normalized spacial score (nSPS) is 13.1. The lowest BCUT2D eigenvalue weighted by molar-refractivity contribution is 0.953. The topological polar surface area (TPSA) is 48.5 Å². The fourth-order valence-electron chi connectivity index (χ4n) is 10.4. The van der Waals surface area contributed by atoms with Gasteiger partial charge in [-0.1, -0.05) is 164 Å². The summed E-state index contributed by atoms with van der Waals surface area (Å²) in [6, 6.07) is 82.9. The highest BCUT2D eigenvalue weighted by Gasteiger charge is 2.35. The molecule has 6 heteroatoms. The predicted molar refractivity (Wildman–Crippen MR) is 287 cm³/mol. The van der Waals surface area contributed by atoms with Crippen molar-refractivity contribution in [1.82, 2.24) is 24.1 Å². The van der Waals surface area contributed by atoms with Crippen LogP contribution in [-0.4, -0.2) is 24.1 Å². The number of allylic oxidation sites excluding steroid dienone is 3. The molecule has 0 aliphatic heterocycles. The molecule has 1 aliphatic carbocycles. The maximum atomic E-state index is 5.44. The van der Waals surface area contributed by atoms with Crippen LogP contribution in [-0.2, 0) is 0 Å². The Morgan fingerprint density at radius 1 is 0.348 bits per heavy atom. The van der Waals surface area contributed by atoms with E-state index in [-0.39, 0.29) is 0 Å². The Morgan fingerprint density at radius 2 is 0.841 bits per heavy atom. The van der Waals surface area contributed by atoms with Gasteiger partial charge in [-0.2, -0.15) is 9.97 Å². The van der Waals surface area contributed by atoms with Crippen LogP contribution < -0.4 is 0 Å². The third kappa shape index (κ3) is 6.83. The Morgan fingerprint density at radius 3 is 1.45 bits per heavy atom. The van der Waals surface area contributed by atoms with E-state index in [1.54, 1.807) is 0 Å². The van der Waals surface area contributed by atoms with Gasteiger partial charge in [0.25, 0.3) is 0 Å². The monoisotopic (exact) mass is 903 g/mol. The minimum Gasteiger partial charge on any atom is -0.309 e. The van der Waals surface area contributed by atoms with Crippen LogP contribution in [0.25, 0.3) is 89.2 Å². The first-order valence-corrected chi connectivity index (χ1v) is 25.2. The molecule has 0 spiro atoms. The third-order valence-electron chi connectivity index (χ3n) is 13.5. The maximum absolute atomic E-state index is 5.44. The Balaban J connectivity index is 0.991. The van der Waals surface area contributed by atoms with Gasteiger partial charge >= 0.3 is 0 Å². The highest BCUT2D eigenvalue weighted by molar-refractivity contribution is 8.37. The van der Waals surface area contributed by atoms with E-state index < -0.39 is 10.0 Å². The molecule has 0 saturated heterocycles. The van der Waals surface area contributed by atoms with Crippen molar-refractivity contribution in [3.63, 3.8) is 0 Å². The van der Waals surface area contributed by atoms with Crippen LogP contribution in [0, 0.1) is 0 Å². The first kappa shape index (κ1) is 40.7. The van der Waals surface area contributed by atoms with Crippen LogP contribution in [0.5, 0.6) is 0 Å². The molecule has 0 saturated carbocycles. The Hall–Kier alpha value is -8.58. The van der Waals surface area contributed by atoms with Gasteiger partial charge in [-0.05, 0) is 114 Å². The number of fused-ring (bicyclic) bond motifs is 6. The Kier molecular flexibility index (Phi) is 9.98. The molecule has 0 amide bonds. The van der Waals surface area contributed by atoms with Gasteiger partial charge in [0.1, 0.15) is 0 Å². The standard InChI is InChI=1S/C63H45N5S/c1-6-21-44(22-7-1)61-64-62(47-23-20-32-52(41-47)69(49-26-10-3-11-27-49,50-28-12-4-13-29-50)51-30-14-5-15-31-51)66-63(65-61)68-58-36-19-17-34-54(58)56-43-46(38-40-60(56)68)45-37-39-59-55(42-45)53-33-16-18-35-57(53)67(59)48-24-8-2-9-25-48/h1-4,6-14,16-43H,5,15H2. The van der Waals surface area contributed by atoms with Crippen LogP contribution in [0.1, 0.15) is 12.8 Å². The molecular weight excluding hydrogens is 859 g/mol. The van der Waals surface area contributed by atoms with Gasteiger partial charge in [0, 0.05) is 53.0 Å². The lowest BCUT2D eigenvalue weighted by atomic mass is 10.0. The van der Waals surface area contributed by atoms with E-state index >= 15 is 0 Å². The molecule has 12 aromatic rings. The van der Waals surface area contributed by atoms with E-state index in [0.717, 1.165) is 62.6 Å². The lowest BCUT2D eigenvalue weighted by Crippen LogP contribution is -2.08. The van der Waals surface area contributed by atoms with Crippen LogP contribution >= 0.6 is 10.0 Å². The second-order valence-corrected chi connectivity index (χ2v) is 20.6. The number of aromatic nitrogens is 5. The Labute approximate surface area is 402 Å². The molecule has 0 fully saturated rings. The molecule has 0 atom stereocenters. The molecule has 3 aromatic heterocycles. The van der Waals surface area contributed by atoms with Gasteiger partial charge < -0.3 is 4.57 Å². The smallest absolute Gasteiger partial charge is 0.238 e. The number of hydrogen-bond acceptors (Lipinski definition) is 3. The number of rotatable bonds is 9. The minimum absolute atomic E-state index is 0.570. The molecule has 13 rings (SSSR count). The number of hydrogen-bond donors (Lipinski definition) is 0. The van der Waals surface area contributed by atoms with Crippen LogP contribution in [0.2, 0.25) is 0 Å². The van der Waals surface area contributed by atoms with Gasteiger partial charge in [-0.15, -0.1) is 10.0 Å². The number of nitrogens with zero attached hydrogens (tertiary/aromatic N) is 5. The van der Waals surface area contributed by atoms with E-state index in [4.69, 9.17) is 15.0 Å². The van der Waals surface area contributed by atoms with Crippen LogP contribution in [0.3, 0.4) is 0 Å². The quantitative estimate of drug-likeness (QED) is 0.145. The summed E-state index contributed by atoms with van der Waals surface area (Å²) in [5.41, 5.74) is 9.76. The molecule has 328 valence electrons. The van der Waals surface area contributed by atoms with Gasteiger partial charge in [-0.25, -0.2) is 4.98 Å². The van der Waals surface area contributed by atoms with Gasteiger partial charge in [0.2, 0.25) is 5.95 Å². The van der Waals surface area contributed by atoms with E-state index in [0.29, 0.717) is 17.6 Å². The van der Waals surface area contributed by atoms with Crippen molar-refractivity contribution >= 4 is 53.6 Å².